The van der Waals surface area contributed by atoms with Crippen molar-refractivity contribution in [3.8, 4) is 10.4 Å². The smallest absolute Gasteiger partial charge is 0.227 e. The Kier molecular flexibility index (Phi) is 5.16. The van der Waals surface area contributed by atoms with E-state index in [9.17, 15) is 4.79 Å². The average Bonchev–Trinajstić information content (AvgIpc) is 3.26. The quantitative estimate of drug-likeness (QED) is 0.294. The van der Waals surface area contributed by atoms with Crippen molar-refractivity contribution in [2.24, 2.45) is 11.8 Å². The second-order valence-corrected chi connectivity index (χ2v) is 10.8. The molecule has 4 atom stereocenters. The van der Waals surface area contributed by atoms with E-state index in [1.165, 1.54) is 10.4 Å². The van der Waals surface area contributed by atoms with Gasteiger partial charge in [-0.15, -0.1) is 11.3 Å². The molecule has 0 bridgehead atoms. The molecule has 1 amide bonds. The fourth-order valence-corrected chi connectivity index (χ4v) is 6.18. The molecule has 9 heteroatoms. The fraction of sp³-hybridized carbons (Fsp3) is 0.346. The number of hydrogen-bond donors (Lipinski definition) is 5. The second-order valence-electron chi connectivity index (χ2n) is 9.80. The molecule has 5 N–H and O–H groups in total. The molecule has 1 aliphatic carbocycles. The molecule has 3 aliphatic rings. The third-order valence-electron chi connectivity index (χ3n) is 7.45. The van der Waals surface area contributed by atoms with Crippen LogP contribution in [0.25, 0.3) is 21.5 Å². The molecule has 4 unspecified atom stereocenters. The van der Waals surface area contributed by atoms with Gasteiger partial charge in [0, 0.05) is 47.1 Å². The molecule has 2 saturated heterocycles. The second kappa shape index (κ2) is 8.53. The van der Waals surface area contributed by atoms with Crippen molar-refractivity contribution >= 4 is 34.0 Å². The van der Waals surface area contributed by atoms with Crippen molar-refractivity contribution < 1.29 is 4.79 Å². The van der Waals surface area contributed by atoms with Crippen molar-refractivity contribution in [2.75, 3.05) is 11.9 Å². The van der Waals surface area contributed by atoms with Gasteiger partial charge in [-0.2, -0.15) is 0 Å². The van der Waals surface area contributed by atoms with Crippen LogP contribution in [-0.2, 0) is 4.79 Å². The molecule has 0 radical (unpaired) electrons. The number of hydrazine groups is 1. The number of para-hydroxylation sites is 1. The number of imidazole rings is 1. The average molecular weight is 486 g/mol. The molecule has 7 rings (SSSR count). The van der Waals surface area contributed by atoms with Gasteiger partial charge in [-0.05, 0) is 48.4 Å². The lowest BCUT2D eigenvalue weighted by Crippen LogP contribution is -2.46. The van der Waals surface area contributed by atoms with Crippen LogP contribution < -0.4 is 21.5 Å². The van der Waals surface area contributed by atoms with Crippen molar-refractivity contribution in [2.45, 2.75) is 37.4 Å². The van der Waals surface area contributed by atoms with Crippen LogP contribution in [0.2, 0.25) is 0 Å². The molecule has 8 nitrogen and oxygen atoms in total. The van der Waals surface area contributed by atoms with E-state index in [4.69, 9.17) is 4.98 Å². The van der Waals surface area contributed by atoms with Gasteiger partial charge in [0.05, 0.1) is 29.0 Å². The maximum Gasteiger partial charge on any atom is 0.227 e. The third kappa shape index (κ3) is 3.94. The highest BCUT2D eigenvalue weighted by atomic mass is 32.1. The highest BCUT2D eigenvalue weighted by molar-refractivity contribution is 7.13. The number of amides is 1. The number of nitrogens with zero attached hydrogens (tertiary/aromatic N) is 2. The maximum absolute atomic E-state index is 12.2. The lowest BCUT2D eigenvalue weighted by molar-refractivity contribution is -0.117. The summed E-state index contributed by atoms with van der Waals surface area (Å²) in [5.41, 5.74) is 12.1. The van der Waals surface area contributed by atoms with Gasteiger partial charge in [0.25, 0.3) is 0 Å². The minimum Gasteiger partial charge on any atom is -0.341 e. The minimum atomic E-state index is 0.0823. The molecule has 1 saturated carbocycles. The largest absolute Gasteiger partial charge is 0.341 e. The highest BCUT2D eigenvalue weighted by Crippen LogP contribution is 2.39. The molecule has 3 aromatic heterocycles. The normalized spacial score (nSPS) is 26.1. The summed E-state index contributed by atoms with van der Waals surface area (Å²) in [6.45, 7) is 0.845. The standard InChI is InChI=1S/C26H27N7OS/c34-26(14-6-7-14)29-16-9-15(11-27-12-16)20-10-18-21(13-28-20)32-33-24(18)25-30-19-4-1-3-17(23(19)31-25)22-5-2-8-35-22/h1-5,8-9,11-12,14,18,20-21,24,28,32-33H,6-7,10,13H2,(H,29,34)(H,30,31). The van der Waals surface area contributed by atoms with E-state index in [2.05, 4.69) is 73.2 Å². The Balaban J connectivity index is 1.14. The number of benzene rings is 1. The number of nitrogens with one attached hydrogen (secondary N) is 5. The Bertz CT molecular complexity index is 1380. The van der Waals surface area contributed by atoms with E-state index in [1.807, 2.05) is 6.20 Å². The van der Waals surface area contributed by atoms with E-state index in [1.54, 1.807) is 17.5 Å². The van der Waals surface area contributed by atoms with Gasteiger partial charge in [0.1, 0.15) is 5.82 Å². The Morgan fingerprint density at radius 3 is 2.91 bits per heavy atom. The van der Waals surface area contributed by atoms with Gasteiger partial charge in [-0.25, -0.2) is 10.4 Å². The van der Waals surface area contributed by atoms with Crippen LogP contribution in [-0.4, -0.2) is 33.4 Å². The van der Waals surface area contributed by atoms with Crippen LogP contribution in [0, 0.1) is 11.8 Å². The van der Waals surface area contributed by atoms with Gasteiger partial charge >= 0.3 is 0 Å². The summed E-state index contributed by atoms with van der Waals surface area (Å²) in [5.74, 6) is 1.61. The summed E-state index contributed by atoms with van der Waals surface area (Å²) in [7, 11) is 0. The number of carbonyl (C=O) groups excluding carboxylic acids is 1. The van der Waals surface area contributed by atoms with Crippen LogP contribution in [0.15, 0.2) is 54.2 Å². The van der Waals surface area contributed by atoms with Gasteiger partial charge in [-0.3, -0.25) is 15.2 Å². The first-order valence-corrected chi connectivity index (χ1v) is 13.1. The number of thiophene rings is 1. The van der Waals surface area contributed by atoms with Gasteiger partial charge < -0.3 is 15.6 Å². The van der Waals surface area contributed by atoms with Crippen molar-refractivity contribution in [1.82, 2.24) is 31.1 Å². The maximum atomic E-state index is 12.2. The molecular formula is C26H27N7OS. The van der Waals surface area contributed by atoms with Crippen molar-refractivity contribution in [1.29, 1.82) is 0 Å². The summed E-state index contributed by atoms with van der Waals surface area (Å²) >= 11 is 1.74. The highest BCUT2D eigenvalue weighted by Gasteiger charge is 2.42. The number of rotatable bonds is 5. The molecule has 5 heterocycles. The van der Waals surface area contributed by atoms with Crippen molar-refractivity contribution in [3.05, 3.63) is 65.6 Å². The zero-order valence-corrected chi connectivity index (χ0v) is 19.9. The van der Waals surface area contributed by atoms with E-state index < -0.39 is 0 Å². The molecule has 178 valence electrons. The topological polar surface area (TPSA) is 107 Å². The zero-order valence-electron chi connectivity index (χ0n) is 19.1. The van der Waals surface area contributed by atoms with E-state index >= 15 is 0 Å². The van der Waals surface area contributed by atoms with Gasteiger partial charge in [0.15, 0.2) is 0 Å². The molecule has 2 aliphatic heterocycles. The van der Waals surface area contributed by atoms with Crippen LogP contribution in [0.3, 0.4) is 0 Å². The first-order valence-electron chi connectivity index (χ1n) is 12.3. The van der Waals surface area contributed by atoms with E-state index in [0.29, 0.717) is 12.0 Å². The number of pyridine rings is 1. The summed E-state index contributed by atoms with van der Waals surface area (Å²) < 4.78 is 0. The lowest BCUT2D eigenvalue weighted by Gasteiger charge is -2.34. The number of H-pyrrole nitrogens is 1. The summed E-state index contributed by atoms with van der Waals surface area (Å²) in [6, 6.07) is 13.2. The van der Waals surface area contributed by atoms with Crippen LogP contribution in [0.5, 0.6) is 0 Å². The number of carbonyl (C=O) groups is 1. The number of aromatic nitrogens is 3. The SMILES string of the molecule is O=C(Nc1cncc(C2CC3C(CN2)NNC3c2nc3c(-c4cccs4)cccc3[nH]2)c1)C1CC1. The minimum absolute atomic E-state index is 0.0823. The molecule has 4 aromatic rings. The van der Waals surface area contributed by atoms with Crippen molar-refractivity contribution in [3.63, 3.8) is 0 Å². The number of hydrogen-bond acceptors (Lipinski definition) is 7. The lowest BCUT2D eigenvalue weighted by atomic mass is 9.82. The number of aromatic amines is 1. The monoisotopic (exact) mass is 485 g/mol. The Morgan fingerprint density at radius 1 is 1.11 bits per heavy atom. The first-order chi connectivity index (χ1) is 17.2. The third-order valence-corrected chi connectivity index (χ3v) is 8.35. The van der Waals surface area contributed by atoms with Crippen LogP contribution >= 0.6 is 11.3 Å². The van der Waals surface area contributed by atoms with Gasteiger partial charge in [0.2, 0.25) is 5.91 Å². The summed E-state index contributed by atoms with van der Waals surface area (Å²) in [5, 5.41) is 8.79. The Hall–Kier alpha value is -3.11. The number of anilines is 1. The number of fused-ring (bicyclic) bond motifs is 2. The zero-order chi connectivity index (χ0) is 23.4. The molecule has 1 aromatic carbocycles. The number of piperidine rings is 1. The van der Waals surface area contributed by atoms with Crippen LogP contribution in [0.1, 0.15) is 42.7 Å². The van der Waals surface area contributed by atoms with E-state index in [-0.39, 0.29) is 23.9 Å². The summed E-state index contributed by atoms with van der Waals surface area (Å²) in [4.78, 5) is 26.5. The molecular weight excluding hydrogens is 458 g/mol. The molecule has 0 spiro atoms. The van der Waals surface area contributed by atoms with Gasteiger partial charge in [-0.1, -0.05) is 18.2 Å². The molecule has 3 fully saturated rings. The fourth-order valence-electron chi connectivity index (χ4n) is 5.43. The first kappa shape index (κ1) is 21.2. The predicted octanol–water partition coefficient (Wildman–Crippen LogP) is 3.90. The predicted molar refractivity (Wildman–Crippen MR) is 137 cm³/mol. The Labute approximate surface area is 206 Å². The van der Waals surface area contributed by atoms with Crippen LogP contribution in [0.4, 0.5) is 5.69 Å². The summed E-state index contributed by atoms with van der Waals surface area (Å²) in [6.07, 6.45) is 6.56. The Morgan fingerprint density at radius 2 is 2.06 bits per heavy atom. The van der Waals surface area contributed by atoms with E-state index in [0.717, 1.165) is 53.9 Å². The molecule has 35 heavy (non-hydrogen) atoms.